The second kappa shape index (κ2) is 7.01. The summed E-state index contributed by atoms with van der Waals surface area (Å²) in [5, 5.41) is 11.3. The molecular weight excluding hydrogens is 318 g/mol. The van der Waals surface area contributed by atoms with Gasteiger partial charge in [-0.15, -0.1) is 0 Å². The van der Waals surface area contributed by atoms with Gasteiger partial charge < -0.3 is 14.4 Å². The number of non-ortho nitro benzene ring substituents is 1. The van der Waals surface area contributed by atoms with Crippen LogP contribution in [0.3, 0.4) is 0 Å². The summed E-state index contributed by atoms with van der Waals surface area (Å²) >= 11 is 5.13. The molecule has 0 radical (unpaired) electrons. The number of benzene rings is 1. The molecule has 2 aromatic rings. The minimum atomic E-state index is -0.474. The monoisotopic (exact) mass is 333 g/mol. The molecule has 0 saturated carbocycles. The van der Waals surface area contributed by atoms with Crippen LogP contribution in [0, 0.1) is 10.1 Å². The Labute approximate surface area is 138 Å². The van der Waals surface area contributed by atoms with Gasteiger partial charge in [0.25, 0.3) is 10.9 Å². The van der Waals surface area contributed by atoms with Crippen molar-refractivity contribution in [3.05, 3.63) is 46.6 Å². The first-order chi connectivity index (χ1) is 10.9. The molecule has 8 heteroatoms. The van der Waals surface area contributed by atoms with E-state index < -0.39 is 4.92 Å². The predicted octanol–water partition coefficient (Wildman–Crippen LogP) is 2.89. The van der Waals surface area contributed by atoms with Crippen molar-refractivity contribution in [2.24, 2.45) is 0 Å². The van der Waals surface area contributed by atoms with Crippen LogP contribution in [-0.2, 0) is 0 Å². The fourth-order valence-electron chi connectivity index (χ4n) is 1.79. The summed E-state index contributed by atoms with van der Waals surface area (Å²) in [7, 11) is 5.03. The van der Waals surface area contributed by atoms with Gasteiger partial charge in [0.05, 0.1) is 17.7 Å². The Morgan fingerprint density at radius 1 is 1.30 bits per heavy atom. The zero-order chi connectivity index (χ0) is 17.0. The number of pyridine rings is 1. The van der Waals surface area contributed by atoms with Crippen molar-refractivity contribution in [3.63, 3.8) is 0 Å². The lowest BCUT2D eigenvalue weighted by Gasteiger charge is -2.16. The van der Waals surface area contributed by atoms with E-state index in [2.05, 4.69) is 4.98 Å². The summed E-state index contributed by atoms with van der Waals surface area (Å²) < 4.78 is 10.8. The van der Waals surface area contributed by atoms with Crippen LogP contribution in [0.4, 0.5) is 5.69 Å². The minimum absolute atomic E-state index is 0.0623. The average Bonchev–Trinajstić information content (AvgIpc) is 2.54. The molecule has 1 aromatic heterocycles. The molecule has 0 fully saturated rings. The summed E-state index contributed by atoms with van der Waals surface area (Å²) in [4.78, 5) is 16.4. The van der Waals surface area contributed by atoms with Gasteiger partial charge in [-0.1, -0.05) is 0 Å². The van der Waals surface area contributed by atoms with Gasteiger partial charge in [0.2, 0.25) is 0 Å². The Hall–Kier alpha value is -2.74. The van der Waals surface area contributed by atoms with E-state index in [0.29, 0.717) is 22.8 Å². The number of thiocarbonyl (C=S) groups is 1. The molecule has 0 spiro atoms. The van der Waals surface area contributed by atoms with Crippen LogP contribution in [0.2, 0.25) is 0 Å². The molecule has 0 bridgehead atoms. The third-order valence-electron chi connectivity index (χ3n) is 2.98. The normalized spacial score (nSPS) is 10.0. The fraction of sp³-hybridized carbons (Fsp3) is 0.200. The first kappa shape index (κ1) is 16.6. The lowest BCUT2D eigenvalue weighted by atomic mass is 10.1. The second-order valence-corrected chi connectivity index (χ2v) is 5.13. The van der Waals surface area contributed by atoms with E-state index in [1.807, 2.05) is 0 Å². The quantitative estimate of drug-likeness (QED) is 0.483. The topological polar surface area (TPSA) is 77.7 Å². The van der Waals surface area contributed by atoms with Crippen molar-refractivity contribution in [1.82, 2.24) is 9.88 Å². The van der Waals surface area contributed by atoms with Crippen LogP contribution in [0.1, 0.15) is 0 Å². The van der Waals surface area contributed by atoms with Crippen molar-refractivity contribution in [3.8, 4) is 22.8 Å². The molecule has 0 N–H and O–H groups in total. The molecule has 0 aliphatic carbocycles. The third-order valence-corrected chi connectivity index (χ3v) is 3.43. The Morgan fingerprint density at radius 3 is 2.65 bits per heavy atom. The SMILES string of the molecule is COc1ccnc(-c2cc([N+](=O)[O-])ccc2OC(=S)N(C)C)c1. The summed E-state index contributed by atoms with van der Waals surface area (Å²) in [5.41, 5.74) is 0.889. The largest absolute Gasteiger partial charge is 0.497 e. The summed E-state index contributed by atoms with van der Waals surface area (Å²) in [6, 6.07) is 7.62. The minimum Gasteiger partial charge on any atom is -0.497 e. The van der Waals surface area contributed by atoms with E-state index >= 15 is 0 Å². The maximum absolute atomic E-state index is 11.0. The molecule has 23 heavy (non-hydrogen) atoms. The van der Waals surface area contributed by atoms with Gasteiger partial charge in [0.1, 0.15) is 11.5 Å². The van der Waals surface area contributed by atoms with Crippen LogP contribution >= 0.6 is 12.2 Å². The van der Waals surface area contributed by atoms with Gasteiger partial charge in [-0.2, -0.15) is 0 Å². The van der Waals surface area contributed by atoms with E-state index in [1.165, 1.54) is 25.3 Å². The number of nitrogens with zero attached hydrogens (tertiary/aromatic N) is 3. The number of rotatable bonds is 4. The summed E-state index contributed by atoms with van der Waals surface area (Å²) in [5.74, 6) is 0.970. The molecule has 0 atom stereocenters. The lowest BCUT2D eigenvalue weighted by molar-refractivity contribution is -0.384. The number of aromatic nitrogens is 1. The van der Waals surface area contributed by atoms with Crippen LogP contribution in [0.25, 0.3) is 11.3 Å². The highest BCUT2D eigenvalue weighted by molar-refractivity contribution is 7.80. The van der Waals surface area contributed by atoms with Crippen LogP contribution in [0.5, 0.6) is 11.5 Å². The fourth-order valence-corrected chi connectivity index (χ4v) is 1.88. The molecule has 0 aliphatic rings. The molecule has 2 rings (SSSR count). The Kier molecular flexibility index (Phi) is 5.07. The molecule has 0 saturated heterocycles. The summed E-state index contributed by atoms with van der Waals surface area (Å²) in [6.07, 6.45) is 1.56. The van der Waals surface area contributed by atoms with E-state index in [4.69, 9.17) is 21.7 Å². The van der Waals surface area contributed by atoms with E-state index in [9.17, 15) is 10.1 Å². The highest BCUT2D eigenvalue weighted by Gasteiger charge is 2.16. The van der Waals surface area contributed by atoms with Gasteiger partial charge in [-0.3, -0.25) is 15.1 Å². The first-order valence-corrected chi connectivity index (χ1v) is 7.01. The van der Waals surface area contributed by atoms with Crippen LogP contribution in [0.15, 0.2) is 36.5 Å². The first-order valence-electron chi connectivity index (χ1n) is 6.60. The van der Waals surface area contributed by atoms with Crippen molar-refractivity contribution in [1.29, 1.82) is 0 Å². The predicted molar refractivity (Wildman–Crippen MR) is 89.8 cm³/mol. The van der Waals surface area contributed by atoms with E-state index in [1.54, 1.807) is 37.3 Å². The lowest BCUT2D eigenvalue weighted by Crippen LogP contribution is -2.25. The average molecular weight is 333 g/mol. The van der Waals surface area contributed by atoms with Gasteiger partial charge in [-0.05, 0) is 24.4 Å². The molecule has 1 heterocycles. The van der Waals surface area contributed by atoms with E-state index in [-0.39, 0.29) is 10.9 Å². The zero-order valence-corrected chi connectivity index (χ0v) is 13.7. The van der Waals surface area contributed by atoms with Crippen molar-refractivity contribution in [2.45, 2.75) is 0 Å². The van der Waals surface area contributed by atoms with Gasteiger partial charge in [0, 0.05) is 44.1 Å². The van der Waals surface area contributed by atoms with Crippen molar-refractivity contribution < 1.29 is 14.4 Å². The smallest absolute Gasteiger partial charge is 0.270 e. The van der Waals surface area contributed by atoms with Crippen molar-refractivity contribution in [2.75, 3.05) is 21.2 Å². The number of methoxy groups -OCH3 is 1. The molecular formula is C15H15N3O4S. The third kappa shape index (κ3) is 3.92. The maximum Gasteiger partial charge on any atom is 0.270 e. The Morgan fingerprint density at radius 2 is 2.04 bits per heavy atom. The highest BCUT2D eigenvalue weighted by atomic mass is 32.1. The Bertz CT molecular complexity index is 749. The molecule has 0 aliphatic heterocycles. The number of hydrogen-bond donors (Lipinski definition) is 0. The summed E-state index contributed by atoms with van der Waals surface area (Å²) in [6.45, 7) is 0. The van der Waals surface area contributed by atoms with Gasteiger partial charge in [-0.25, -0.2) is 0 Å². The number of ether oxygens (including phenoxy) is 2. The van der Waals surface area contributed by atoms with Crippen LogP contribution < -0.4 is 9.47 Å². The Balaban J connectivity index is 2.54. The number of nitro benzene ring substituents is 1. The highest BCUT2D eigenvalue weighted by Crippen LogP contribution is 2.34. The van der Waals surface area contributed by atoms with E-state index in [0.717, 1.165) is 0 Å². The zero-order valence-electron chi connectivity index (χ0n) is 12.8. The maximum atomic E-state index is 11.0. The standard InChI is InChI=1S/C15H15N3O4S/c1-17(2)15(23)22-14-5-4-10(18(19)20)8-12(14)13-9-11(21-3)6-7-16-13/h4-9H,1-3H3. The number of nitro groups is 1. The molecule has 0 unspecified atom stereocenters. The molecule has 7 nitrogen and oxygen atoms in total. The molecule has 1 aromatic carbocycles. The van der Waals surface area contributed by atoms with Crippen LogP contribution in [-0.4, -0.2) is 41.2 Å². The molecule has 120 valence electrons. The van der Waals surface area contributed by atoms with Gasteiger partial charge in [0.15, 0.2) is 0 Å². The second-order valence-electron chi connectivity index (χ2n) is 4.78. The number of hydrogen-bond acceptors (Lipinski definition) is 6. The van der Waals surface area contributed by atoms with Crippen molar-refractivity contribution >= 4 is 23.1 Å². The van der Waals surface area contributed by atoms with Gasteiger partial charge >= 0.3 is 0 Å². The molecule has 0 amide bonds.